The van der Waals surface area contributed by atoms with Crippen LogP contribution in [0.5, 0.6) is 5.75 Å². The van der Waals surface area contributed by atoms with Gasteiger partial charge in [-0.1, -0.05) is 19.1 Å². The molecule has 4 heteroatoms. The van der Waals surface area contributed by atoms with Crippen molar-refractivity contribution in [1.82, 2.24) is 4.90 Å². The number of hydrogen-bond acceptors (Lipinski definition) is 3. The number of ether oxygens (including phenoxy) is 1. The Morgan fingerprint density at radius 3 is 2.45 bits per heavy atom. The summed E-state index contributed by atoms with van der Waals surface area (Å²) in [4.78, 5) is 13.8. The van der Waals surface area contributed by atoms with E-state index in [1.54, 1.807) is 4.90 Å². The van der Waals surface area contributed by atoms with Gasteiger partial charge in [-0.25, -0.2) is 0 Å². The summed E-state index contributed by atoms with van der Waals surface area (Å²) < 4.78 is 5.52. The number of carbonyl (C=O) groups is 1. The summed E-state index contributed by atoms with van der Waals surface area (Å²) in [5, 5.41) is 9.86. The van der Waals surface area contributed by atoms with Crippen molar-refractivity contribution < 1.29 is 14.6 Å². The van der Waals surface area contributed by atoms with Gasteiger partial charge < -0.3 is 14.7 Å². The number of rotatable bonds is 4. The van der Waals surface area contributed by atoms with Crippen LogP contribution in [-0.4, -0.2) is 41.2 Å². The Bertz CT molecular complexity index is 443. The highest BCUT2D eigenvalue weighted by Crippen LogP contribution is 2.21. The van der Waals surface area contributed by atoms with Crippen molar-refractivity contribution in [3.63, 3.8) is 0 Å². The Kier molecular flexibility index (Phi) is 4.65. The molecule has 0 spiro atoms. The first-order valence-electron chi connectivity index (χ1n) is 7.22. The summed E-state index contributed by atoms with van der Waals surface area (Å²) in [6.07, 6.45) is 2.25. The van der Waals surface area contributed by atoms with Crippen LogP contribution in [0.1, 0.15) is 32.3 Å². The Labute approximate surface area is 120 Å². The second-order valence-electron chi connectivity index (χ2n) is 5.66. The van der Waals surface area contributed by atoms with Crippen molar-refractivity contribution in [3.05, 3.63) is 29.8 Å². The topological polar surface area (TPSA) is 49.8 Å². The lowest BCUT2D eigenvalue weighted by Crippen LogP contribution is -2.46. The maximum Gasteiger partial charge on any atom is 0.260 e. The highest BCUT2D eigenvalue weighted by molar-refractivity contribution is 5.77. The molecule has 1 aromatic rings. The number of nitrogens with zero attached hydrogens (tertiary/aromatic N) is 1. The fraction of sp³-hybridized carbons (Fsp3) is 0.562. The molecular weight excluding hydrogens is 254 g/mol. The van der Waals surface area contributed by atoms with Crippen molar-refractivity contribution in [2.24, 2.45) is 0 Å². The third-order valence-corrected chi connectivity index (χ3v) is 3.89. The standard InChI is InChI=1S/C16H23NO3/c1-3-13-4-6-14(7-5-13)20-12-15(18)17-10-8-16(2,19)9-11-17/h4-7,19H,3,8-12H2,1-2H3. The molecule has 20 heavy (non-hydrogen) atoms. The van der Waals surface area contributed by atoms with Gasteiger partial charge in [0.2, 0.25) is 0 Å². The SMILES string of the molecule is CCc1ccc(OCC(=O)N2CCC(C)(O)CC2)cc1. The number of piperidine rings is 1. The second-order valence-corrected chi connectivity index (χ2v) is 5.66. The molecule has 4 nitrogen and oxygen atoms in total. The molecule has 0 aliphatic carbocycles. The van der Waals surface area contributed by atoms with Crippen LogP contribution in [0.4, 0.5) is 0 Å². The predicted molar refractivity (Wildman–Crippen MR) is 77.8 cm³/mol. The Balaban J connectivity index is 1.80. The normalized spacial score (nSPS) is 17.9. The van der Waals surface area contributed by atoms with Crippen LogP contribution in [0.2, 0.25) is 0 Å². The first kappa shape index (κ1) is 14.9. The molecule has 1 aromatic carbocycles. The Morgan fingerprint density at radius 2 is 1.90 bits per heavy atom. The zero-order valence-corrected chi connectivity index (χ0v) is 12.3. The molecule has 1 amide bonds. The average molecular weight is 277 g/mol. The predicted octanol–water partition coefficient (Wildman–Crippen LogP) is 2.00. The first-order chi connectivity index (χ1) is 9.50. The lowest BCUT2D eigenvalue weighted by atomic mass is 9.94. The van der Waals surface area contributed by atoms with Gasteiger partial charge >= 0.3 is 0 Å². The third kappa shape index (κ3) is 3.97. The largest absolute Gasteiger partial charge is 0.484 e. The monoisotopic (exact) mass is 277 g/mol. The van der Waals surface area contributed by atoms with E-state index in [1.165, 1.54) is 5.56 Å². The third-order valence-electron chi connectivity index (χ3n) is 3.89. The molecule has 0 bridgehead atoms. The van der Waals surface area contributed by atoms with Crippen molar-refractivity contribution in [2.75, 3.05) is 19.7 Å². The van der Waals surface area contributed by atoms with Crippen LogP contribution in [-0.2, 0) is 11.2 Å². The molecule has 0 aromatic heterocycles. The maximum atomic E-state index is 12.0. The highest BCUT2D eigenvalue weighted by Gasteiger charge is 2.29. The number of carbonyl (C=O) groups excluding carboxylic acids is 1. The summed E-state index contributed by atoms with van der Waals surface area (Å²) >= 11 is 0. The number of aryl methyl sites for hydroxylation is 1. The smallest absolute Gasteiger partial charge is 0.260 e. The summed E-state index contributed by atoms with van der Waals surface area (Å²) in [7, 11) is 0. The van der Waals surface area contributed by atoms with E-state index >= 15 is 0 Å². The van der Waals surface area contributed by atoms with Gasteiger partial charge in [0.15, 0.2) is 6.61 Å². The zero-order chi connectivity index (χ0) is 14.6. The van der Waals surface area contributed by atoms with Crippen LogP contribution >= 0.6 is 0 Å². The summed E-state index contributed by atoms with van der Waals surface area (Å²) in [6, 6.07) is 7.82. The van der Waals surface area contributed by atoms with E-state index in [2.05, 4.69) is 6.92 Å². The van der Waals surface area contributed by atoms with Crippen molar-refractivity contribution in [2.45, 2.75) is 38.7 Å². The molecule has 1 heterocycles. The van der Waals surface area contributed by atoms with Gasteiger partial charge in [-0.2, -0.15) is 0 Å². The Morgan fingerprint density at radius 1 is 1.30 bits per heavy atom. The van der Waals surface area contributed by atoms with E-state index in [0.717, 1.165) is 12.2 Å². The molecule has 110 valence electrons. The molecule has 2 rings (SSSR count). The number of benzene rings is 1. The van der Waals surface area contributed by atoms with E-state index in [-0.39, 0.29) is 12.5 Å². The number of amides is 1. The van der Waals surface area contributed by atoms with Crippen molar-refractivity contribution in [1.29, 1.82) is 0 Å². The fourth-order valence-corrected chi connectivity index (χ4v) is 2.30. The summed E-state index contributed by atoms with van der Waals surface area (Å²) in [6.45, 7) is 5.19. The fourth-order valence-electron chi connectivity index (χ4n) is 2.30. The van der Waals surface area contributed by atoms with E-state index in [0.29, 0.717) is 25.9 Å². The van der Waals surface area contributed by atoms with Gasteiger partial charge in [0, 0.05) is 13.1 Å². The second kappa shape index (κ2) is 6.27. The first-order valence-corrected chi connectivity index (χ1v) is 7.22. The van der Waals surface area contributed by atoms with Crippen LogP contribution in [0.15, 0.2) is 24.3 Å². The van der Waals surface area contributed by atoms with Crippen LogP contribution < -0.4 is 4.74 Å². The van der Waals surface area contributed by atoms with Gasteiger partial charge in [-0.15, -0.1) is 0 Å². The van der Waals surface area contributed by atoms with Crippen LogP contribution in [0.25, 0.3) is 0 Å². The van der Waals surface area contributed by atoms with Gasteiger partial charge in [0.05, 0.1) is 5.60 Å². The average Bonchev–Trinajstić information content (AvgIpc) is 2.45. The molecule has 1 aliphatic rings. The lowest BCUT2D eigenvalue weighted by molar-refractivity contribution is -0.137. The minimum Gasteiger partial charge on any atom is -0.484 e. The van der Waals surface area contributed by atoms with Gasteiger partial charge in [-0.3, -0.25) is 4.79 Å². The van der Waals surface area contributed by atoms with Crippen molar-refractivity contribution >= 4 is 5.91 Å². The summed E-state index contributed by atoms with van der Waals surface area (Å²) in [5.41, 5.74) is 0.620. The van der Waals surface area contributed by atoms with E-state index in [1.807, 2.05) is 31.2 Å². The molecule has 1 N–H and O–H groups in total. The molecule has 0 unspecified atom stereocenters. The molecule has 0 saturated carbocycles. The van der Waals surface area contributed by atoms with Crippen LogP contribution in [0.3, 0.4) is 0 Å². The van der Waals surface area contributed by atoms with Gasteiger partial charge in [0.1, 0.15) is 5.75 Å². The quantitative estimate of drug-likeness (QED) is 0.916. The molecule has 0 atom stereocenters. The number of aliphatic hydroxyl groups is 1. The van der Waals surface area contributed by atoms with Crippen LogP contribution in [0, 0.1) is 0 Å². The van der Waals surface area contributed by atoms with E-state index < -0.39 is 5.60 Å². The minimum atomic E-state index is -0.631. The molecule has 1 aliphatic heterocycles. The molecule has 1 fully saturated rings. The molecule has 1 saturated heterocycles. The van der Waals surface area contributed by atoms with E-state index in [9.17, 15) is 9.90 Å². The van der Waals surface area contributed by atoms with Gasteiger partial charge in [0.25, 0.3) is 5.91 Å². The molecular formula is C16H23NO3. The van der Waals surface area contributed by atoms with Gasteiger partial charge in [-0.05, 0) is 43.9 Å². The van der Waals surface area contributed by atoms with E-state index in [4.69, 9.17) is 4.74 Å². The Hall–Kier alpha value is -1.55. The number of likely N-dealkylation sites (tertiary alicyclic amines) is 1. The number of hydrogen-bond donors (Lipinski definition) is 1. The summed E-state index contributed by atoms with van der Waals surface area (Å²) in [5.74, 6) is 0.708. The lowest BCUT2D eigenvalue weighted by Gasteiger charge is -2.35. The zero-order valence-electron chi connectivity index (χ0n) is 12.3. The molecule has 0 radical (unpaired) electrons. The highest BCUT2D eigenvalue weighted by atomic mass is 16.5. The van der Waals surface area contributed by atoms with Crippen molar-refractivity contribution in [3.8, 4) is 5.75 Å². The minimum absolute atomic E-state index is 0.0138. The maximum absolute atomic E-state index is 12.0.